The molecule has 1 aliphatic carbocycles. The molecule has 2 aliphatic rings. The van der Waals surface area contributed by atoms with Gasteiger partial charge in [-0.2, -0.15) is 13.2 Å². The number of nitrogens with one attached hydrogen (secondary N) is 2. The standard InChI is InChI=1S/C20H23F3N2O2/c1-3-4-12-10-13-9-11(2)5-6-14(13)17(12)25-19(27)15-7-8-16(20(21,22)23)24-18(15)26/h5-6,9-10,15-17H,3-4,7-8H2,1-2H3,(H,24,26)(H,25,27). The van der Waals surface area contributed by atoms with Gasteiger partial charge in [0.2, 0.25) is 11.8 Å². The Bertz CT molecular complexity index is 786. The fourth-order valence-electron chi connectivity index (χ4n) is 3.79. The number of halogens is 3. The Hall–Kier alpha value is -2.31. The molecule has 0 saturated carbocycles. The van der Waals surface area contributed by atoms with Crippen LogP contribution in [0, 0.1) is 12.8 Å². The van der Waals surface area contributed by atoms with Crippen LogP contribution in [0.2, 0.25) is 0 Å². The predicted molar refractivity (Wildman–Crippen MR) is 95.7 cm³/mol. The van der Waals surface area contributed by atoms with Gasteiger partial charge in [-0.05, 0) is 42.9 Å². The Balaban J connectivity index is 1.74. The molecule has 1 aromatic carbocycles. The van der Waals surface area contributed by atoms with Crippen LogP contribution in [0.3, 0.4) is 0 Å². The smallest absolute Gasteiger partial charge is 0.345 e. The number of fused-ring (bicyclic) bond motifs is 1. The van der Waals surface area contributed by atoms with E-state index in [-0.39, 0.29) is 18.9 Å². The molecule has 1 heterocycles. The molecule has 1 aliphatic heterocycles. The molecule has 2 amide bonds. The second-order valence-electron chi connectivity index (χ2n) is 7.28. The summed E-state index contributed by atoms with van der Waals surface area (Å²) in [5, 5.41) is 4.83. The summed E-state index contributed by atoms with van der Waals surface area (Å²) in [6.45, 7) is 4.03. The Morgan fingerprint density at radius 3 is 2.67 bits per heavy atom. The lowest BCUT2D eigenvalue weighted by Crippen LogP contribution is -2.54. The van der Waals surface area contributed by atoms with E-state index in [0.717, 1.165) is 35.1 Å². The first-order chi connectivity index (χ1) is 12.7. The molecule has 4 nitrogen and oxygen atoms in total. The lowest BCUT2D eigenvalue weighted by molar-refractivity contribution is -0.171. The number of aryl methyl sites for hydroxylation is 1. The quantitative estimate of drug-likeness (QED) is 0.781. The van der Waals surface area contributed by atoms with Crippen molar-refractivity contribution in [1.29, 1.82) is 0 Å². The highest BCUT2D eigenvalue weighted by molar-refractivity contribution is 6.01. The highest BCUT2D eigenvalue weighted by Gasteiger charge is 2.46. The second kappa shape index (κ2) is 7.37. The molecule has 0 radical (unpaired) electrons. The van der Waals surface area contributed by atoms with Gasteiger partial charge in [-0.1, -0.05) is 43.2 Å². The zero-order valence-electron chi connectivity index (χ0n) is 15.3. The number of piperidine rings is 1. The molecule has 7 heteroatoms. The Kier molecular flexibility index (Phi) is 5.31. The third kappa shape index (κ3) is 4.01. The van der Waals surface area contributed by atoms with E-state index in [1.54, 1.807) is 0 Å². The van der Waals surface area contributed by atoms with Gasteiger partial charge >= 0.3 is 6.18 Å². The third-order valence-corrected chi connectivity index (χ3v) is 5.18. The van der Waals surface area contributed by atoms with Crippen molar-refractivity contribution in [3.05, 3.63) is 40.5 Å². The lowest BCUT2D eigenvalue weighted by Gasteiger charge is -2.30. The molecule has 3 atom stereocenters. The van der Waals surface area contributed by atoms with Crippen LogP contribution in [0.1, 0.15) is 55.3 Å². The van der Waals surface area contributed by atoms with Crippen molar-refractivity contribution in [1.82, 2.24) is 10.6 Å². The SMILES string of the molecule is CCCC1=Cc2cc(C)ccc2C1NC(=O)C1CCC(C(F)(F)F)NC1=O. The fourth-order valence-corrected chi connectivity index (χ4v) is 3.79. The van der Waals surface area contributed by atoms with Crippen LogP contribution < -0.4 is 10.6 Å². The Morgan fingerprint density at radius 2 is 2.04 bits per heavy atom. The number of carbonyl (C=O) groups is 2. The van der Waals surface area contributed by atoms with E-state index in [4.69, 9.17) is 0 Å². The van der Waals surface area contributed by atoms with Crippen LogP contribution in [-0.2, 0) is 9.59 Å². The van der Waals surface area contributed by atoms with E-state index in [1.807, 2.05) is 37.4 Å². The first kappa shape index (κ1) is 19.5. The summed E-state index contributed by atoms with van der Waals surface area (Å²) in [5.41, 5.74) is 4.16. The van der Waals surface area contributed by atoms with Crippen LogP contribution >= 0.6 is 0 Å². The number of benzene rings is 1. The van der Waals surface area contributed by atoms with Gasteiger partial charge in [0.1, 0.15) is 12.0 Å². The molecule has 0 aromatic heterocycles. The van der Waals surface area contributed by atoms with Gasteiger partial charge in [0, 0.05) is 0 Å². The van der Waals surface area contributed by atoms with Gasteiger partial charge in [-0.3, -0.25) is 9.59 Å². The number of hydrogen-bond donors (Lipinski definition) is 2. The van der Waals surface area contributed by atoms with E-state index in [9.17, 15) is 22.8 Å². The van der Waals surface area contributed by atoms with Crippen LogP contribution in [0.15, 0.2) is 23.8 Å². The molecule has 1 saturated heterocycles. The Labute approximate surface area is 156 Å². The second-order valence-corrected chi connectivity index (χ2v) is 7.28. The van der Waals surface area contributed by atoms with Gasteiger partial charge in [0.25, 0.3) is 0 Å². The molecule has 1 aromatic rings. The highest BCUT2D eigenvalue weighted by Crippen LogP contribution is 2.38. The summed E-state index contributed by atoms with van der Waals surface area (Å²) in [6.07, 6.45) is -1.13. The Morgan fingerprint density at radius 1 is 1.30 bits per heavy atom. The summed E-state index contributed by atoms with van der Waals surface area (Å²) in [5.74, 6) is -2.47. The van der Waals surface area contributed by atoms with Crippen molar-refractivity contribution < 1.29 is 22.8 Å². The fraction of sp³-hybridized carbons (Fsp3) is 0.500. The third-order valence-electron chi connectivity index (χ3n) is 5.18. The van der Waals surface area contributed by atoms with E-state index in [1.165, 1.54) is 0 Å². The van der Waals surface area contributed by atoms with Crippen molar-refractivity contribution in [3.8, 4) is 0 Å². The predicted octanol–water partition coefficient (Wildman–Crippen LogP) is 3.81. The molecule has 3 rings (SSSR count). The van der Waals surface area contributed by atoms with Crippen molar-refractivity contribution in [3.63, 3.8) is 0 Å². The minimum absolute atomic E-state index is 0.109. The maximum Gasteiger partial charge on any atom is 0.408 e. The first-order valence-corrected chi connectivity index (χ1v) is 9.19. The lowest BCUT2D eigenvalue weighted by atomic mass is 9.91. The summed E-state index contributed by atoms with van der Waals surface area (Å²) in [4.78, 5) is 24.7. The van der Waals surface area contributed by atoms with Crippen molar-refractivity contribution in [2.45, 2.75) is 57.8 Å². The summed E-state index contributed by atoms with van der Waals surface area (Å²) in [6, 6.07) is 3.75. The molecular weight excluding hydrogens is 357 g/mol. The minimum atomic E-state index is -4.49. The van der Waals surface area contributed by atoms with Crippen molar-refractivity contribution in [2.24, 2.45) is 5.92 Å². The number of hydrogen-bond acceptors (Lipinski definition) is 2. The average Bonchev–Trinajstić information content (AvgIpc) is 2.90. The van der Waals surface area contributed by atoms with E-state index in [0.29, 0.717) is 0 Å². The first-order valence-electron chi connectivity index (χ1n) is 9.19. The summed E-state index contributed by atoms with van der Waals surface area (Å²) in [7, 11) is 0. The maximum absolute atomic E-state index is 12.8. The average molecular weight is 380 g/mol. The number of rotatable bonds is 4. The van der Waals surface area contributed by atoms with Crippen molar-refractivity contribution >= 4 is 17.9 Å². The zero-order chi connectivity index (χ0) is 19.8. The molecular formula is C20H23F3N2O2. The van der Waals surface area contributed by atoms with E-state index < -0.39 is 30.0 Å². The monoisotopic (exact) mass is 380 g/mol. The molecule has 0 bridgehead atoms. The van der Waals surface area contributed by atoms with Gasteiger partial charge in [-0.15, -0.1) is 0 Å². The molecule has 1 fully saturated rings. The number of carbonyl (C=O) groups excluding carboxylic acids is 2. The van der Waals surface area contributed by atoms with Crippen LogP contribution in [0.5, 0.6) is 0 Å². The van der Waals surface area contributed by atoms with Crippen LogP contribution in [0.4, 0.5) is 13.2 Å². The highest BCUT2D eigenvalue weighted by atomic mass is 19.4. The number of amides is 2. The van der Waals surface area contributed by atoms with Gasteiger partial charge in [0.05, 0.1) is 6.04 Å². The van der Waals surface area contributed by atoms with Crippen LogP contribution in [-0.4, -0.2) is 24.0 Å². The van der Waals surface area contributed by atoms with Gasteiger partial charge in [-0.25, -0.2) is 0 Å². The summed E-state index contributed by atoms with van der Waals surface area (Å²) >= 11 is 0. The van der Waals surface area contributed by atoms with Gasteiger partial charge in [0.15, 0.2) is 0 Å². The molecule has 146 valence electrons. The minimum Gasteiger partial charge on any atom is -0.345 e. The normalized spacial score (nSPS) is 24.9. The molecule has 0 spiro atoms. The molecule has 27 heavy (non-hydrogen) atoms. The molecule has 2 N–H and O–H groups in total. The topological polar surface area (TPSA) is 58.2 Å². The van der Waals surface area contributed by atoms with E-state index in [2.05, 4.69) is 11.4 Å². The maximum atomic E-state index is 12.8. The zero-order valence-corrected chi connectivity index (χ0v) is 15.3. The molecule has 3 unspecified atom stereocenters. The largest absolute Gasteiger partial charge is 0.408 e. The van der Waals surface area contributed by atoms with Crippen LogP contribution in [0.25, 0.3) is 6.08 Å². The van der Waals surface area contributed by atoms with E-state index >= 15 is 0 Å². The van der Waals surface area contributed by atoms with Crippen molar-refractivity contribution in [2.75, 3.05) is 0 Å². The number of alkyl halides is 3. The van der Waals surface area contributed by atoms with Gasteiger partial charge < -0.3 is 10.6 Å². The summed E-state index contributed by atoms with van der Waals surface area (Å²) < 4.78 is 38.3.